The second-order valence-corrected chi connectivity index (χ2v) is 2.38. The van der Waals surface area contributed by atoms with E-state index in [9.17, 15) is 0 Å². The fourth-order valence-corrected chi connectivity index (χ4v) is 0. The van der Waals surface area contributed by atoms with Crippen molar-refractivity contribution in [3.63, 3.8) is 0 Å². The number of rotatable bonds is 0. The minimum absolute atomic E-state index is 0. The van der Waals surface area contributed by atoms with Crippen molar-refractivity contribution in [2.75, 3.05) is 0 Å². The number of hydrogen-bond donors (Lipinski definition) is 2. The summed E-state index contributed by atoms with van der Waals surface area (Å²) in [6.45, 7) is 0. The molecule has 0 aromatic heterocycles. The van der Waals surface area contributed by atoms with Gasteiger partial charge in [0.1, 0.15) is 0 Å². The van der Waals surface area contributed by atoms with E-state index in [0.717, 1.165) is 0 Å². The molecule has 0 aliphatic carbocycles. The first kappa shape index (κ1) is 23.6. The van der Waals surface area contributed by atoms with Crippen molar-refractivity contribution in [1.82, 2.24) is 0 Å². The minimum atomic E-state index is -4.69. The van der Waals surface area contributed by atoms with Crippen LogP contribution in [-0.4, -0.2) is 14.8 Å². The van der Waals surface area contributed by atoms with Crippen molar-refractivity contribution >= 4 is 0 Å². The molecular formula is H4Cl2O10Zr. The third kappa shape index (κ3) is 1880. The van der Waals surface area contributed by atoms with Gasteiger partial charge in [-0.15, -0.1) is 0 Å². The van der Waals surface area contributed by atoms with E-state index in [1.807, 2.05) is 0 Å². The summed E-state index contributed by atoms with van der Waals surface area (Å²) >= 11 is 0.300. The van der Waals surface area contributed by atoms with Crippen molar-refractivity contribution in [3.05, 3.63) is 0 Å². The third-order valence-electron chi connectivity index (χ3n) is 0. The van der Waals surface area contributed by atoms with Gasteiger partial charge >= 0.3 is 27.5 Å². The van der Waals surface area contributed by atoms with Crippen LogP contribution in [0.4, 0.5) is 0 Å². The van der Waals surface area contributed by atoms with E-state index in [1.54, 1.807) is 0 Å². The van der Waals surface area contributed by atoms with Crippen molar-refractivity contribution in [2.45, 2.75) is 0 Å². The molecule has 0 unspecified atom stereocenters. The van der Waals surface area contributed by atoms with Gasteiger partial charge < -0.3 is 5.48 Å². The van der Waals surface area contributed by atoms with Gasteiger partial charge in [0.25, 0.3) is 0 Å². The summed E-state index contributed by atoms with van der Waals surface area (Å²) in [6, 6.07) is 0. The molecule has 4 N–H and O–H groups in total. The normalized spacial score (nSPS) is 9.46. The number of hydrogen-bond acceptors (Lipinski definition) is 9. The van der Waals surface area contributed by atoms with Gasteiger partial charge in [0.05, 0.1) is 29.8 Å². The standard InChI is InChI=1S/2ClHO4.H2O.O.Zr/c2*2-1(3,4)5;;;/h2*(H,2,3,4,5);1H2;;. The van der Waals surface area contributed by atoms with Crippen LogP contribution in [0.15, 0.2) is 0 Å². The van der Waals surface area contributed by atoms with Crippen LogP contribution in [0.25, 0.3) is 0 Å². The van der Waals surface area contributed by atoms with E-state index in [-0.39, 0.29) is 5.48 Å². The van der Waals surface area contributed by atoms with E-state index in [0.29, 0.717) is 24.7 Å². The molecule has 0 aromatic carbocycles. The average Bonchev–Trinajstić information content (AvgIpc) is 1.59. The quantitative estimate of drug-likeness (QED) is 0.429. The van der Waals surface area contributed by atoms with Crippen LogP contribution in [0.5, 0.6) is 0 Å². The predicted octanol–water partition coefficient (Wildman–Crippen LogP) is -9.19. The zero-order valence-electron chi connectivity index (χ0n) is 5.51. The van der Waals surface area contributed by atoms with Crippen LogP contribution in [0.2, 0.25) is 0 Å². The van der Waals surface area contributed by atoms with Crippen LogP contribution in [0, 0.1) is 20.5 Å². The Balaban J connectivity index is -0.0000000491. The molecule has 0 atom stereocenters. The zero-order valence-corrected chi connectivity index (χ0v) is 9.48. The molecule has 82 valence electrons. The van der Waals surface area contributed by atoms with Crippen LogP contribution < -0.4 is 28.0 Å². The van der Waals surface area contributed by atoms with Crippen molar-refractivity contribution in [1.29, 1.82) is 0 Å². The van der Waals surface area contributed by atoms with Crippen LogP contribution >= 0.6 is 0 Å². The van der Waals surface area contributed by atoms with Gasteiger partial charge in [0.2, 0.25) is 0 Å². The summed E-state index contributed by atoms with van der Waals surface area (Å²) in [7, 11) is -9.39. The van der Waals surface area contributed by atoms with E-state index >= 15 is 0 Å². The molecule has 0 rings (SSSR count). The van der Waals surface area contributed by atoms with Crippen LogP contribution in [-0.2, 0) is 27.5 Å². The molecule has 0 aromatic rings. The molecule has 0 heterocycles. The number of halogens is 2. The first-order valence-corrected chi connectivity index (χ1v) is 5.00. The molecular weight excluding hydrogens is 322 g/mol. The fourth-order valence-electron chi connectivity index (χ4n) is 0. The van der Waals surface area contributed by atoms with Gasteiger partial charge in [-0.2, -0.15) is 28.0 Å². The molecule has 0 spiro atoms. The van der Waals surface area contributed by atoms with Crippen molar-refractivity contribution in [2.24, 2.45) is 0 Å². The monoisotopic (exact) mass is 324 g/mol. The molecule has 0 amide bonds. The maximum atomic E-state index is 8.60. The molecule has 0 bridgehead atoms. The van der Waals surface area contributed by atoms with Crippen LogP contribution in [0.1, 0.15) is 0 Å². The van der Waals surface area contributed by atoms with Gasteiger partial charge in [-0.25, -0.2) is 0 Å². The summed E-state index contributed by atoms with van der Waals surface area (Å²) in [5, 5.41) is 0. The molecule has 0 radical (unpaired) electrons. The van der Waals surface area contributed by atoms with Gasteiger partial charge in [-0.1, -0.05) is 0 Å². The van der Waals surface area contributed by atoms with Gasteiger partial charge in [-0.3, -0.25) is 0 Å². The van der Waals surface area contributed by atoms with Gasteiger partial charge in [0.15, 0.2) is 0 Å². The molecule has 0 fully saturated rings. The third-order valence-corrected chi connectivity index (χ3v) is 0. The second kappa shape index (κ2) is 11.0. The molecule has 10 nitrogen and oxygen atoms in total. The Bertz CT molecular complexity index is 66.1. The topological polar surface area (TPSA) is 227 Å². The molecule has 0 aliphatic rings. The summed E-state index contributed by atoms with van der Waals surface area (Å²) in [5.74, 6) is 0. The molecule has 0 saturated heterocycles. The van der Waals surface area contributed by atoms with E-state index in [2.05, 4.69) is 0 Å². The summed E-state index contributed by atoms with van der Waals surface area (Å²) in [5.41, 5.74) is 0. The Morgan fingerprint density at radius 3 is 0.769 bits per heavy atom. The van der Waals surface area contributed by atoms with Crippen LogP contribution in [0.3, 0.4) is 0 Å². The zero-order chi connectivity index (χ0) is 11.0. The Labute approximate surface area is 90.7 Å². The van der Waals surface area contributed by atoms with Crippen molar-refractivity contribution in [3.8, 4) is 0 Å². The first-order chi connectivity index (χ1) is 5.00. The Morgan fingerprint density at radius 1 is 0.769 bits per heavy atom. The maximum absolute atomic E-state index is 8.60. The SMILES string of the molecule is O.[O-][Cl+3]([O-])([O-])O.[O-][Cl+3]([O-])([O-])O.[O]=[Zr]. The van der Waals surface area contributed by atoms with E-state index < -0.39 is 20.5 Å². The second-order valence-electron chi connectivity index (χ2n) is 0.792. The molecule has 0 saturated carbocycles. The summed E-state index contributed by atoms with van der Waals surface area (Å²) < 4.78 is 73.8. The van der Waals surface area contributed by atoms with E-state index in [1.165, 1.54) is 0 Å². The molecule has 0 aliphatic heterocycles. The van der Waals surface area contributed by atoms with Gasteiger partial charge in [-0.05, 0) is 0 Å². The Kier molecular flexibility index (Phi) is 19.9. The summed E-state index contributed by atoms with van der Waals surface area (Å²) in [6.07, 6.45) is 0. The first-order valence-electron chi connectivity index (χ1n) is 1.47. The van der Waals surface area contributed by atoms with Gasteiger partial charge in [0, 0.05) is 0 Å². The van der Waals surface area contributed by atoms with Crippen molar-refractivity contribution < 1.29 is 90.8 Å². The summed E-state index contributed by atoms with van der Waals surface area (Å²) in [4.78, 5) is 0. The fraction of sp³-hybridized carbons (Fsp3) is 0. The molecule has 13 heavy (non-hydrogen) atoms. The molecule has 13 heteroatoms. The predicted molar refractivity (Wildman–Crippen MR) is 8.74 cm³/mol. The average molecular weight is 326 g/mol. The Hall–Kier alpha value is 0.903. The van der Waals surface area contributed by atoms with E-state index in [4.69, 9.17) is 40.1 Å². The Morgan fingerprint density at radius 2 is 0.769 bits per heavy atom.